The first-order chi connectivity index (χ1) is 10.6. The number of pyridine rings is 1. The maximum Gasteiger partial charge on any atom is 0.280 e. The van der Waals surface area contributed by atoms with Crippen LogP contribution in [0.15, 0.2) is 65.9 Å². The van der Waals surface area contributed by atoms with Gasteiger partial charge >= 0.3 is 0 Å². The molecule has 0 aliphatic heterocycles. The summed E-state index contributed by atoms with van der Waals surface area (Å²) in [6, 6.07) is 15.2. The van der Waals surface area contributed by atoms with Crippen LogP contribution in [0.4, 0.5) is 0 Å². The van der Waals surface area contributed by atoms with Gasteiger partial charge in [-0.25, -0.2) is 0 Å². The molecule has 4 N–H and O–H groups in total. The molecule has 0 aliphatic rings. The van der Waals surface area contributed by atoms with E-state index in [4.69, 9.17) is 11.5 Å². The third kappa shape index (κ3) is 2.64. The molecule has 5 heteroatoms. The fourth-order valence-electron chi connectivity index (χ4n) is 2.37. The van der Waals surface area contributed by atoms with Crippen molar-refractivity contribution in [3.05, 3.63) is 66.5 Å². The highest BCUT2D eigenvalue weighted by atomic mass is 16.1. The molecule has 1 aromatic heterocycles. The summed E-state index contributed by atoms with van der Waals surface area (Å²) in [6.45, 7) is 0. The van der Waals surface area contributed by atoms with Gasteiger partial charge in [-0.3, -0.25) is 9.78 Å². The molecule has 22 heavy (non-hydrogen) atoms. The minimum atomic E-state index is -0.452. The second kappa shape index (κ2) is 5.65. The quantitative estimate of drug-likeness (QED) is 0.559. The first kappa shape index (κ1) is 13.8. The van der Waals surface area contributed by atoms with Gasteiger partial charge in [-0.2, -0.15) is 4.99 Å². The molecule has 0 saturated carbocycles. The zero-order valence-corrected chi connectivity index (χ0v) is 11.7. The molecule has 0 bridgehead atoms. The van der Waals surface area contributed by atoms with E-state index in [2.05, 4.69) is 9.98 Å². The van der Waals surface area contributed by atoms with Gasteiger partial charge in [0.05, 0.1) is 0 Å². The van der Waals surface area contributed by atoms with Crippen molar-refractivity contribution < 1.29 is 4.79 Å². The fourth-order valence-corrected chi connectivity index (χ4v) is 2.37. The Hall–Kier alpha value is -3.21. The molecule has 0 radical (unpaired) electrons. The number of amides is 1. The van der Waals surface area contributed by atoms with Gasteiger partial charge in [0.15, 0.2) is 5.96 Å². The highest BCUT2D eigenvalue weighted by molar-refractivity contribution is 6.06. The Balaban J connectivity index is 2.19. The van der Waals surface area contributed by atoms with Gasteiger partial charge in [0.25, 0.3) is 5.91 Å². The van der Waals surface area contributed by atoms with Gasteiger partial charge in [0, 0.05) is 18.0 Å². The zero-order valence-electron chi connectivity index (χ0n) is 11.7. The monoisotopic (exact) mass is 290 g/mol. The van der Waals surface area contributed by atoms with E-state index in [-0.39, 0.29) is 5.96 Å². The largest absolute Gasteiger partial charge is 0.370 e. The van der Waals surface area contributed by atoms with E-state index in [9.17, 15) is 4.79 Å². The van der Waals surface area contributed by atoms with Crippen LogP contribution in [0.1, 0.15) is 10.4 Å². The molecule has 108 valence electrons. The Morgan fingerprint density at radius 1 is 1.00 bits per heavy atom. The van der Waals surface area contributed by atoms with E-state index in [1.165, 1.54) is 0 Å². The third-order valence-electron chi connectivity index (χ3n) is 3.35. The predicted molar refractivity (Wildman–Crippen MR) is 87.3 cm³/mol. The number of carbonyl (C=O) groups excluding carboxylic acids is 1. The van der Waals surface area contributed by atoms with Crippen LogP contribution in [0.3, 0.4) is 0 Å². The van der Waals surface area contributed by atoms with Crippen LogP contribution < -0.4 is 11.5 Å². The summed E-state index contributed by atoms with van der Waals surface area (Å²) < 4.78 is 0. The molecule has 0 atom stereocenters. The van der Waals surface area contributed by atoms with Crippen molar-refractivity contribution in [3.8, 4) is 11.1 Å². The number of hydrogen-bond acceptors (Lipinski definition) is 2. The Labute approximate surface area is 127 Å². The van der Waals surface area contributed by atoms with E-state index >= 15 is 0 Å². The summed E-state index contributed by atoms with van der Waals surface area (Å²) in [4.78, 5) is 19.6. The summed E-state index contributed by atoms with van der Waals surface area (Å²) in [6.07, 6.45) is 3.48. The van der Waals surface area contributed by atoms with Crippen LogP contribution in [0, 0.1) is 0 Å². The van der Waals surface area contributed by atoms with E-state index in [1.54, 1.807) is 24.5 Å². The minimum Gasteiger partial charge on any atom is -0.370 e. The van der Waals surface area contributed by atoms with E-state index in [1.807, 2.05) is 36.4 Å². The van der Waals surface area contributed by atoms with Crippen LogP contribution >= 0.6 is 0 Å². The number of hydrogen-bond donors (Lipinski definition) is 2. The molecule has 1 amide bonds. The van der Waals surface area contributed by atoms with Crippen LogP contribution in [-0.2, 0) is 0 Å². The number of aliphatic imine (C=N–C) groups is 1. The van der Waals surface area contributed by atoms with Gasteiger partial charge in [-0.15, -0.1) is 0 Å². The van der Waals surface area contributed by atoms with Crippen molar-refractivity contribution in [2.24, 2.45) is 16.5 Å². The Morgan fingerprint density at radius 3 is 2.50 bits per heavy atom. The van der Waals surface area contributed by atoms with Gasteiger partial charge in [0.2, 0.25) is 0 Å². The van der Waals surface area contributed by atoms with E-state index in [0.29, 0.717) is 5.56 Å². The second-order valence-corrected chi connectivity index (χ2v) is 4.82. The first-order valence-electron chi connectivity index (χ1n) is 6.72. The molecule has 2 aromatic carbocycles. The normalized spacial score (nSPS) is 10.4. The number of guanidine groups is 1. The zero-order chi connectivity index (χ0) is 15.5. The smallest absolute Gasteiger partial charge is 0.280 e. The van der Waals surface area contributed by atoms with Gasteiger partial charge in [-0.1, -0.05) is 24.3 Å². The lowest BCUT2D eigenvalue weighted by molar-refractivity contribution is 0.100. The number of nitrogens with zero attached hydrogens (tertiary/aromatic N) is 2. The number of carbonyl (C=O) groups is 1. The summed E-state index contributed by atoms with van der Waals surface area (Å²) in [7, 11) is 0. The molecule has 0 saturated heterocycles. The topological polar surface area (TPSA) is 94.4 Å². The summed E-state index contributed by atoms with van der Waals surface area (Å²) in [5.41, 5.74) is 13.0. The highest BCUT2D eigenvalue weighted by Gasteiger charge is 2.09. The summed E-state index contributed by atoms with van der Waals surface area (Å²) >= 11 is 0. The number of nitrogens with two attached hydrogens (primary N) is 2. The molecule has 0 spiro atoms. The highest BCUT2D eigenvalue weighted by Crippen LogP contribution is 2.29. The van der Waals surface area contributed by atoms with Crippen LogP contribution in [0.5, 0.6) is 0 Å². The molecule has 3 rings (SSSR count). The Morgan fingerprint density at radius 2 is 1.77 bits per heavy atom. The summed E-state index contributed by atoms with van der Waals surface area (Å²) in [5.74, 6) is -0.695. The third-order valence-corrected chi connectivity index (χ3v) is 3.35. The molecule has 5 nitrogen and oxygen atoms in total. The fraction of sp³-hybridized carbons (Fsp3) is 0. The first-order valence-corrected chi connectivity index (χ1v) is 6.72. The van der Waals surface area contributed by atoms with E-state index < -0.39 is 5.91 Å². The van der Waals surface area contributed by atoms with Crippen molar-refractivity contribution in [1.82, 2.24) is 4.98 Å². The molecular formula is C17H14N4O. The average molecular weight is 290 g/mol. The van der Waals surface area contributed by atoms with Crippen LogP contribution in [0.25, 0.3) is 21.9 Å². The van der Waals surface area contributed by atoms with Crippen LogP contribution in [-0.4, -0.2) is 16.9 Å². The molecule has 0 aliphatic carbocycles. The summed E-state index contributed by atoms with van der Waals surface area (Å²) in [5, 5.41) is 2.00. The van der Waals surface area contributed by atoms with Crippen molar-refractivity contribution in [3.63, 3.8) is 0 Å². The maximum atomic E-state index is 12.0. The van der Waals surface area contributed by atoms with Crippen molar-refractivity contribution >= 4 is 22.6 Å². The Kier molecular flexibility index (Phi) is 3.53. The van der Waals surface area contributed by atoms with Crippen molar-refractivity contribution in [1.29, 1.82) is 0 Å². The van der Waals surface area contributed by atoms with Crippen molar-refractivity contribution in [2.45, 2.75) is 0 Å². The number of aromatic nitrogens is 1. The lowest BCUT2D eigenvalue weighted by Gasteiger charge is -2.08. The minimum absolute atomic E-state index is 0.243. The SMILES string of the molecule is NC(N)=NC(=O)c1ccc2cccc(-c3ccncc3)c2c1. The van der Waals surface area contributed by atoms with Gasteiger partial charge in [-0.05, 0) is 46.2 Å². The number of rotatable bonds is 2. The second-order valence-electron chi connectivity index (χ2n) is 4.82. The van der Waals surface area contributed by atoms with E-state index in [0.717, 1.165) is 21.9 Å². The average Bonchev–Trinajstić information content (AvgIpc) is 2.54. The maximum absolute atomic E-state index is 12.0. The molecule has 3 aromatic rings. The number of fused-ring (bicyclic) bond motifs is 1. The van der Waals surface area contributed by atoms with Crippen molar-refractivity contribution in [2.75, 3.05) is 0 Å². The standard InChI is InChI=1S/C17H14N4O/c18-17(19)21-16(22)13-5-4-11-2-1-3-14(15(11)10-13)12-6-8-20-9-7-12/h1-10H,(H4,18,19,21,22). The molecule has 0 unspecified atom stereocenters. The lowest BCUT2D eigenvalue weighted by atomic mass is 9.97. The lowest BCUT2D eigenvalue weighted by Crippen LogP contribution is -2.24. The van der Waals surface area contributed by atoms with Crippen LogP contribution in [0.2, 0.25) is 0 Å². The molecule has 0 fully saturated rings. The van der Waals surface area contributed by atoms with Gasteiger partial charge in [0.1, 0.15) is 0 Å². The predicted octanol–water partition coefficient (Wildman–Crippen LogP) is 2.32. The molecular weight excluding hydrogens is 276 g/mol. The number of benzene rings is 2. The molecule has 1 heterocycles. The van der Waals surface area contributed by atoms with Gasteiger partial charge < -0.3 is 11.5 Å². The Bertz CT molecular complexity index is 868.